The number of fused-ring (bicyclic) bond motifs is 2. The van der Waals surface area contributed by atoms with Crippen molar-refractivity contribution >= 4 is 38.2 Å². The first-order valence-corrected chi connectivity index (χ1v) is 10.3. The Balaban J connectivity index is 1.78. The minimum atomic E-state index is -3.32. The summed E-state index contributed by atoms with van der Waals surface area (Å²) in [5, 5.41) is 4.63. The number of anilines is 1. The normalized spacial score (nSPS) is 16.8. The molecule has 0 saturated heterocycles. The highest BCUT2D eigenvalue weighted by atomic mass is 35.5. The molecule has 3 aromatic rings. The summed E-state index contributed by atoms with van der Waals surface area (Å²) >= 11 is 6.23. The Morgan fingerprint density at radius 3 is 2.88 bits per heavy atom. The van der Waals surface area contributed by atoms with Gasteiger partial charge in [-0.1, -0.05) is 23.7 Å². The van der Waals surface area contributed by atoms with Gasteiger partial charge in [-0.3, -0.25) is 0 Å². The second kappa shape index (κ2) is 6.41. The van der Waals surface area contributed by atoms with E-state index < -0.39 is 9.84 Å². The third-order valence-corrected chi connectivity index (χ3v) is 5.78. The summed E-state index contributed by atoms with van der Waals surface area (Å²) in [5.41, 5.74) is 1.63. The first-order chi connectivity index (χ1) is 12.4. The maximum absolute atomic E-state index is 11.9. The Bertz CT molecular complexity index is 1100. The van der Waals surface area contributed by atoms with Gasteiger partial charge < -0.3 is 10.1 Å². The van der Waals surface area contributed by atoms with Crippen molar-refractivity contribution in [1.29, 1.82) is 0 Å². The molecule has 2 heterocycles. The Kier molecular flexibility index (Phi) is 4.20. The maximum Gasteiger partial charge on any atom is 0.175 e. The van der Waals surface area contributed by atoms with Crippen LogP contribution in [-0.2, 0) is 9.84 Å². The van der Waals surface area contributed by atoms with Crippen LogP contribution in [0.15, 0.2) is 47.6 Å². The quantitative estimate of drug-likeness (QED) is 0.736. The molecule has 8 heteroatoms. The van der Waals surface area contributed by atoms with E-state index in [1.807, 2.05) is 12.1 Å². The van der Waals surface area contributed by atoms with Crippen LogP contribution >= 0.6 is 11.6 Å². The van der Waals surface area contributed by atoms with E-state index in [0.717, 1.165) is 12.0 Å². The van der Waals surface area contributed by atoms with Crippen molar-refractivity contribution in [2.75, 3.05) is 18.2 Å². The van der Waals surface area contributed by atoms with Crippen molar-refractivity contribution in [3.05, 3.63) is 53.3 Å². The topological polar surface area (TPSA) is 81.2 Å². The van der Waals surface area contributed by atoms with E-state index in [9.17, 15) is 8.42 Å². The molecule has 6 nitrogen and oxygen atoms in total. The highest BCUT2D eigenvalue weighted by Gasteiger charge is 2.24. The number of nitrogens with zero attached hydrogens (tertiary/aromatic N) is 2. The van der Waals surface area contributed by atoms with E-state index >= 15 is 0 Å². The van der Waals surface area contributed by atoms with E-state index in [-0.39, 0.29) is 10.9 Å². The van der Waals surface area contributed by atoms with Gasteiger partial charge in [-0.25, -0.2) is 18.4 Å². The van der Waals surface area contributed by atoms with Crippen molar-refractivity contribution in [3.8, 4) is 5.75 Å². The molecule has 1 aromatic heterocycles. The molecular weight excluding hydrogens is 374 g/mol. The molecule has 0 saturated carbocycles. The number of rotatable bonds is 3. The van der Waals surface area contributed by atoms with Crippen LogP contribution in [0.1, 0.15) is 18.0 Å². The van der Waals surface area contributed by atoms with Crippen LogP contribution in [0.25, 0.3) is 10.9 Å². The largest absolute Gasteiger partial charge is 0.492 e. The van der Waals surface area contributed by atoms with Gasteiger partial charge in [0.05, 0.1) is 28.1 Å². The van der Waals surface area contributed by atoms with Gasteiger partial charge in [0.1, 0.15) is 17.9 Å². The maximum atomic E-state index is 11.9. The summed E-state index contributed by atoms with van der Waals surface area (Å²) in [4.78, 5) is 8.79. The predicted octanol–water partition coefficient (Wildman–Crippen LogP) is 3.62. The molecule has 1 aliphatic rings. The van der Waals surface area contributed by atoms with Crippen molar-refractivity contribution < 1.29 is 13.2 Å². The summed E-state index contributed by atoms with van der Waals surface area (Å²) in [6.07, 6.45) is 3.38. The number of aromatic nitrogens is 2. The third-order valence-electron chi connectivity index (χ3n) is 4.37. The van der Waals surface area contributed by atoms with Crippen molar-refractivity contribution in [1.82, 2.24) is 9.97 Å². The number of ether oxygens (including phenoxy) is 1. The fourth-order valence-electron chi connectivity index (χ4n) is 3.08. The second-order valence-electron chi connectivity index (χ2n) is 6.17. The molecule has 134 valence electrons. The Hall–Kier alpha value is -2.38. The molecule has 1 N–H and O–H groups in total. The van der Waals surface area contributed by atoms with E-state index in [0.29, 0.717) is 34.1 Å². The highest BCUT2D eigenvalue weighted by Crippen LogP contribution is 2.39. The number of hydrogen-bond donors (Lipinski definition) is 1. The lowest BCUT2D eigenvalue weighted by atomic mass is 10.0. The van der Waals surface area contributed by atoms with Crippen LogP contribution in [0.4, 0.5) is 5.82 Å². The molecule has 0 spiro atoms. The van der Waals surface area contributed by atoms with E-state index in [2.05, 4.69) is 15.3 Å². The monoisotopic (exact) mass is 389 g/mol. The molecular formula is C18H16ClN3O3S. The molecule has 0 fully saturated rings. The zero-order chi connectivity index (χ0) is 18.3. The molecule has 1 atom stereocenters. The first kappa shape index (κ1) is 17.1. The average Bonchev–Trinajstić information content (AvgIpc) is 2.62. The smallest absolute Gasteiger partial charge is 0.175 e. The van der Waals surface area contributed by atoms with Crippen molar-refractivity contribution in [3.63, 3.8) is 0 Å². The third kappa shape index (κ3) is 3.08. The molecule has 0 amide bonds. The summed E-state index contributed by atoms with van der Waals surface area (Å²) < 4.78 is 29.5. The van der Waals surface area contributed by atoms with Crippen molar-refractivity contribution in [2.24, 2.45) is 0 Å². The van der Waals surface area contributed by atoms with Crippen LogP contribution < -0.4 is 10.1 Å². The van der Waals surface area contributed by atoms with Crippen molar-refractivity contribution in [2.45, 2.75) is 17.4 Å². The highest BCUT2D eigenvalue weighted by molar-refractivity contribution is 7.90. The van der Waals surface area contributed by atoms with Crippen LogP contribution in [0, 0.1) is 0 Å². The minimum Gasteiger partial charge on any atom is -0.492 e. The Labute approximate surface area is 156 Å². The molecule has 4 rings (SSSR count). The lowest BCUT2D eigenvalue weighted by Crippen LogP contribution is -2.21. The van der Waals surface area contributed by atoms with Crippen LogP contribution in [0.3, 0.4) is 0 Å². The zero-order valence-corrected chi connectivity index (χ0v) is 15.5. The minimum absolute atomic E-state index is 0.0440. The second-order valence-corrected chi connectivity index (χ2v) is 8.59. The molecule has 0 bridgehead atoms. The molecule has 2 aromatic carbocycles. The predicted molar refractivity (Wildman–Crippen MR) is 101 cm³/mol. The molecule has 0 radical (unpaired) electrons. The first-order valence-electron chi connectivity index (χ1n) is 8.06. The molecule has 0 aliphatic carbocycles. The summed E-state index contributed by atoms with van der Waals surface area (Å²) in [6, 6.07) is 10.4. The van der Waals surface area contributed by atoms with E-state index in [4.69, 9.17) is 16.3 Å². The van der Waals surface area contributed by atoms with Gasteiger partial charge >= 0.3 is 0 Å². The van der Waals surface area contributed by atoms with Gasteiger partial charge in [0.2, 0.25) is 0 Å². The zero-order valence-electron chi connectivity index (χ0n) is 13.9. The number of nitrogens with one attached hydrogen (secondary N) is 1. The van der Waals surface area contributed by atoms with Gasteiger partial charge in [-0.05, 0) is 24.3 Å². The summed E-state index contributed by atoms with van der Waals surface area (Å²) in [5.74, 6) is 1.26. The standard InChI is InChI=1S/C18H16ClN3O3S/c1-26(23,24)11-5-6-15-13(9-11)18(21-10-20-15)22-16-7-8-25-17-12(16)3-2-4-14(17)19/h2-6,9-10,16H,7-8H2,1H3,(H,20,21,22). The van der Waals surface area contributed by atoms with Crippen LogP contribution in [-0.4, -0.2) is 31.2 Å². The van der Waals surface area contributed by atoms with E-state index in [1.54, 1.807) is 24.3 Å². The lowest BCUT2D eigenvalue weighted by Gasteiger charge is -2.28. The number of para-hydroxylation sites is 1. The van der Waals surface area contributed by atoms with Gasteiger partial charge in [0.25, 0.3) is 0 Å². The van der Waals surface area contributed by atoms with E-state index in [1.165, 1.54) is 12.6 Å². The molecule has 1 unspecified atom stereocenters. The molecule has 26 heavy (non-hydrogen) atoms. The van der Waals surface area contributed by atoms with Crippen LogP contribution in [0.5, 0.6) is 5.75 Å². The fraction of sp³-hybridized carbons (Fsp3) is 0.222. The summed E-state index contributed by atoms with van der Waals surface area (Å²) in [6.45, 7) is 0.534. The van der Waals surface area contributed by atoms with Gasteiger partial charge in [-0.2, -0.15) is 0 Å². The number of halogens is 1. The Morgan fingerprint density at radius 2 is 2.08 bits per heavy atom. The molecule has 1 aliphatic heterocycles. The van der Waals surface area contributed by atoms with Gasteiger partial charge in [0.15, 0.2) is 9.84 Å². The fourth-order valence-corrected chi connectivity index (χ4v) is 3.97. The summed E-state index contributed by atoms with van der Waals surface area (Å²) in [7, 11) is -3.32. The van der Waals surface area contributed by atoms with Gasteiger partial charge in [-0.15, -0.1) is 0 Å². The number of sulfone groups is 1. The SMILES string of the molecule is CS(=O)(=O)c1ccc2ncnc(NC3CCOc4c(Cl)cccc43)c2c1. The average molecular weight is 390 g/mol. The van der Waals surface area contributed by atoms with Crippen LogP contribution in [0.2, 0.25) is 5.02 Å². The van der Waals surface area contributed by atoms with Gasteiger partial charge in [0, 0.05) is 23.6 Å². The lowest BCUT2D eigenvalue weighted by molar-refractivity contribution is 0.274. The number of hydrogen-bond acceptors (Lipinski definition) is 6. The number of benzene rings is 2. The Morgan fingerprint density at radius 1 is 1.23 bits per heavy atom.